The molecule has 1 aliphatic heterocycles. The zero-order valence-corrected chi connectivity index (χ0v) is 18.5. The summed E-state index contributed by atoms with van der Waals surface area (Å²) >= 11 is 0. The molecule has 23 heavy (non-hydrogen) atoms. The van der Waals surface area contributed by atoms with Gasteiger partial charge >= 0.3 is 6.18 Å². The molecule has 0 unspecified atom stereocenters. The van der Waals surface area contributed by atoms with E-state index in [0.29, 0.717) is 0 Å². The van der Waals surface area contributed by atoms with Gasteiger partial charge in [-0.2, -0.15) is 13.2 Å². The van der Waals surface area contributed by atoms with Crippen molar-refractivity contribution in [2.45, 2.75) is 86.2 Å². The zero-order chi connectivity index (χ0) is 17.9. The maximum absolute atomic E-state index is 11.7. The molecule has 0 aromatic rings. The summed E-state index contributed by atoms with van der Waals surface area (Å²) < 4.78 is 35.2. The van der Waals surface area contributed by atoms with Gasteiger partial charge < -0.3 is 5.32 Å². The molecule has 0 aromatic heterocycles. The molecular formula is C18H34F3NSn. The molecule has 0 bridgehead atoms. The molecule has 1 N–H and O–H groups in total. The minimum Gasteiger partial charge on any atom is -0.351 e. The molecular weight excluding hydrogens is 406 g/mol. The molecule has 1 aliphatic rings. The Labute approximate surface area is 158 Å². The number of hydrogen-bond donors (Lipinski definition) is 1. The van der Waals surface area contributed by atoms with Gasteiger partial charge in [0.05, 0.1) is 0 Å². The monoisotopic (exact) mass is 441 g/mol. The number of halogens is 3. The van der Waals surface area contributed by atoms with E-state index in [9.17, 15) is 13.2 Å². The molecule has 4 radical (unpaired) electrons. The molecule has 136 valence electrons. The van der Waals surface area contributed by atoms with Gasteiger partial charge in [0.25, 0.3) is 0 Å². The molecule has 0 aromatic carbocycles. The van der Waals surface area contributed by atoms with E-state index in [2.05, 4.69) is 47.3 Å². The summed E-state index contributed by atoms with van der Waals surface area (Å²) in [5.74, 6) is 0. The first-order valence-electron chi connectivity index (χ1n) is 8.30. The van der Waals surface area contributed by atoms with Crippen molar-refractivity contribution < 1.29 is 13.2 Å². The van der Waals surface area contributed by atoms with Crippen molar-refractivity contribution in [3.63, 3.8) is 0 Å². The molecule has 0 saturated heterocycles. The molecule has 0 fully saturated rings. The Kier molecular flexibility index (Phi) is 31.7. The average Bonchev–Trinajstić information content (AvgIpc) is 2.55. The van der Waals surface area contributed by atoms with E-state index in [1.54, 1.807) is 0 Å². The Morgan fingerprint density at radius 3 is 1.30 bits per heavy atom. The van der Waals surface area contributed by atoms with Crippen LogP contribution in [0.25, 0.3) is 0 Å². The Morgan fingerprint density at radius 2 is 1.17 bits per heavy atom. The SMILES string of the molecule is CCCC.CCCC.CCCC.FC(F)(F)C1=CC=C=CN1.[Sn]. The van der Waals surface area contributed by atoms with Gasteiger partial charge in [-0.15, -0.1) is 5.73 Å². The summed E-state index contributed by atoms with van der Waals surface area (Å²) in [6, 6.07) is 0. The third-order valence-corrected chi connectivity index (χ3v) is 2.46. The van der Waals surface area contributed by atoms with Gasteiger partial charge in [-0.3, -0.25) is 0 Å². The Bertz CT molecular complexity index is 288. The Hall–Kier alpha value is -0.351. The minimum atomic E-state index is -4.28. The smallest absolute Gasteiger partial charge is 0.351 e. The van der Waals surface area contributed by atoms with E-state index in [4.69, 9.17) is 0 Å². The van der Waals surface area contributed by atoms with Crippen LogP contribution in [0, 0.1) is 0 Å². The fourth-order valence-electron chi connectivity index (χ4n) is 0.523. The van der Waals surface area contributed by atoms with Crippen LogP contribution in [-0.4, -0.2) is 30.1 Å². The number of alkyl halides is 3. The predicted octanol–water partition coefficient (Wildman–Crippen LogP) is 6.74. The van der Waals surface area contributed by atoms with Crippen LogP contribution in [0.1, 0.15) is 80.1 Å². The molecule has 0 spiro atoms. The third-order valence-electron chi connectivity index (χ3n) is 2.46. The minimum absolute atomic E-state index is 0. The Balaban J connectivity index is -0.000000118. The summed E-state index contributed by atoms with van der Waals surface area (Å²) in [4.78, 5) is 0. The third kappa shape index (κ3) is 30.2. The fraction of sp³-hybridized carbons (Fsp3) is 0.722. The predicted molar refractivity (Wildman–Crippen MR) is 97.4 cm³/mol. The van der Waals surface area contributed by atoms with Crippen molar-refractivity contribution in [3.05, 3.63) is 29.8 Å². The summed E-state index contributed by atoms with van der Waals surface area (Å²) in [7, 11) is 0. The van der Waals surface area contributed by atoms with Crippen LogP contribution in [0.5, 0.6) is 0 Å². The maximum atomic E-state index is 11.7. The Morgan fingerprint density at radius 1 is 0.826 bits per heavy atom. The van der Waals surface area contributed by atoms with Gasteiger partial charge in [0.2, 0.25) is 0 Å². The van der Waals surface area contributed by atoms with Crippen LogP contribution < -0.4 is 5.32 Å². The quantitative estimate of drug-likeness (QED) is 0.379. The number of unbranched alkanes of at least 4 members (excludes halogenated alkanes) is 3. The molecule has 1 heterocycles. The van der Waals surface area contributed by atoms with E-state index in [1.165, 1.54) is 44.6 Å². The maximum Gasteiger partial charge on any atom is 0.431 e. The second-order valence-electron chi connectivity index (χ2n) is 4.70. The first-order chi connectivity index (χ1) is 10.3. The van der Waals surface area contributed by atoms with E-state index >= 15 is 0 Å². The van der Waals surface area contributed by atoms with Crippen LogP contribution in [0.4, 0.5) is 13.2 Å². The van der Waals surface area contributed by atoms with Crippen LogP contribution in [-0.2, 0) is 0 Å². The van der Waals surface area contributed by atoms with Crippen LogP contribution in [0.2, 0.25) is 0 Å². The molecule has 0 saturated carbocycles. The second-order valence-corrected chi connectivity index (χ2v) is 4.70. The number of hydrogen-bond acceptors (Lipinski definition) is 1. The van der Waals surface area contributed by atoms with Gasteiger partial charge in [0.15, 0.2) is 0 Å². The average molecular weight is 440 g/mol. The first-order valence-corrected chi connectivity index (χ1v) is 8.30. The largest absolute Gasteiger partial charge is 0.431 e. The molecule has 1 rings (SSSR count). The van der Waals surface area contributed by atoms with Crippen molar-refractivity contribution in [2.75, 3.05) is 0 Å². The van der Waals surface area contributed by atoms with Gasteiger partial charge in [0, 0.05) is 30.1 Å². The van der Waals surface area contributed by atoms with Crippen molar-refractivity contribution in [3.8, 4) is 0 Å². The van der Waals surface area contributed by atoms with Gasteiger partial charge in [-0.25, -0.2) is 0 Å². The number of rotatable bonds is 3. The van der Waals surface area contributed by atoms with Gasteiger partial charge in [-0.1, -0.05) is 80.1 Å². The van der Waals surface area contributed by atoms with E-state index < -0.39 is 11.9 Å². The molecule has 1 nitrogen and oxygen atoms in total. The summed E-state index contributed by atoms with van der Waals surface area (Å²) in [6.45, 7) is 13.1. The summed E-state index contributed by atoms with van der Waals surface area (Å²) in [5.41, 5.74) is 1.69. The number of allylic oxidation sites excluding steroid dienone is 3. The van der Waals surface area contributed by atoms with Crippen LogP contribution >= 0.6 is 0 Å². The van der Waals surface area contributed by atoms with Crippen LogP contribution in [0.3, 0.4) is 0 Å². The molecule has 0 aliphatic carbocycles. The molecule has 0 atom stereocenters. The van der Waals surface area contributed by atoms with Crippen LogP contribution in [0.15, 0.2) is 29.8 Å². The van der Waals surface area contributed by atoms with Crippen molar-refractivity contribution in [1.82, 2.24) is 5.32 Å². The van der Waals surface area contributed by atoms with Crippen molar-refractivity contribution in [2.24, 2.45) is 0 Å². The van der Waals surface area contributed by atoms with Crippen molar-refractivity contribution >= 4 is 23.9 Å². The van der Waals surface area contributed by atoms with Crippen molar-refractivity contribution in [1.29, 1.82) is 0 Å². The van der Waals surface area contributed by atoms with Gasteiger partial charge in [-0.05, 0) is 12.2 Å². The zero-order valence-electron chi connectivity index (χ0n) is 15.6. The van der Waals surface area contributed by atoms with E-state index in [0.717, 1.165) is 12.3 Å². The number of nitrogens with one attached hydrogen (secondary N) is 1. The van der Waals surface area contributed by atoms with Gasteiger partial charge in [0.1, 0.15) is 5.70 Å². The fourth-order valence-corrected chi connectivity index (χ4v) is 0.523. The standard InChI is InChI=1S/C6H4F3N.3C4H10.Sn/c7-6(8,9)5-3-1-2-4-10-5;3*1-3-4-2;/h1,3-4,10H;3*3-4H2,1-2H3;. The molecule has 5 heteroatoms. The summed E-state index contributed by atoms with van der Waals surface area (Å²) in [6.07, 6.45) is 6.89. The second kappa shape index (κ2) is 23.9. The first kappa shape index (κ1) is 30.5. The molecule has 0 amide bonds. The summed E-state index contributed by atoms with van der Waals surface area (Å²) in [5, 5.41) is 2.03. The topological polar surface area (TPSA) is 12.0 Å². The normalized spacial score (nSPS) is 11.1. The van der Waals surface area contributed by atoms with E-state index in [-0.39, 0.29) is 23.9 Å². The van der Waals surface area contributed by atoms with E-state index in [1.807, 2.05) is 5.32 Å².